The molecule has 11 heteroatoms. The molecule has 0 spiro atoms. The van der Waals surface area contributed by atoms with Crippen LogP contribution in [-0.2, 0) is 4.79 Å². The largest absolute Gasteiger partial charge is 0.324 e. The van der Waals surface area contributed by atoms with Crippen LogP contribution in [0.3, 0.4) is 0 Å². The number of hydrogen-bond acceptors (Lipinski definition) is 9. The second kappa shape index (κ2) is 11.8. The molecular formula is C26H20N8O3. The van der Waals surface area contributed by atoms with Gasteiger partial charge in [-0.3, -0.25) is 14.9 Å². The van der Waals surface area contributed by atoms with Gasteiger partial charge in [0.05, 0.1) is 10.6 Å². The summed E-state index contributed by atoms with van der Waals surface area (Å²) in [7, 11) is 0. The normalized spacial score (nSPS) is 11.4. The Balaban J connectivity index is 1.60. The molecule has 0 aliphatic heterocycles. The summed E-state index contributed by atoms with van der Waals surface area (Å²) in [6.45, 7) is 1.42. The van der Waals surface area contributed by atoms with E-state index in [1.807, 2.05) is 0 Å². The highest BCUT2D eigenvalue weighted by Crippen LogP contribution is 2.36. The first kappa shape index (κ1) is 24.7. The molecule has 0 saturated heterocycles. The van der Waals surface area contributed by atoms with E-state index in [2.05, 4.69) is 36.0 Å². The first-order valence-corrected chi connectivity index (χ1v) is 11.0. The quantitative estimate of drug-likeness (QED) is 0.149. The number of azo groups is 3. The highest BCUT2D eigenvalue weighted by Gasteiger charge is 2.12. The van der Waals surface area contributed by atoms with E-state index in [9.17, 15) is 14.9 Å². The number of carbonyl (C=O) groups excluding carboxylic acids is 1. The third-order valence-electron chi connectivity index (χ3n) is 4.85. The smallest absolute Gasteiger partial charge is 0.296 e. The molecule has 4 aromatic carbocycles. The molecule has 0 aromatic heterocycles. The molecule has 0 saturated carbocycles. The SMILES string of the molecule is CC(=O)Nc1ccccc1N=Nc1ccccc1N=Nc1ccccc1N=Nc1ccccc1[N+](=O)[O-]. The molecule has 1 N–H and O–H groups in total. The van der Waals surface area contributed by atoms with E-state index in [-0.39, 0.29) is 17.3 Å². The number of anilines is 1. The topological polar surface area (TPSA) is 146 Å². The van der Waals surface area contributed by atoms with Gasteiger partial charge in [0, 0.05) is 13.0 Å². The Labute approximate surface area is 211 Å². The van der Waals surface area contributed by atoms with Crippen molar-refractivity contribution in [2.75, 3.05) is 5.32 Å². The first-order chi connectivity index (χ1) is 18.0. The van der Waals surface area contributed by atoms with Crippen molar-refractivity contribution in [3.63, 3.8) is 0 Å². The van der Waals surface area contributed by atoms with Crippen molar-refractivity contribution in [3.05, 3.63) is 107 Å². The number of para-hydroxylation sites is 2. The molecule has 0 radical (unpaired) electrons. The van der Waals surface area contributed by atoms with Crippen LogP contribution < -0.4 is 5.32 Å². The fraction of sp³-hybridized carbons (Fsp3) is 0.0385. The van der Waals surface area contributed by atoms with Gasteiger partial charge in [-0.15, -0.1) is 30.7 Å². The Morgan fingerprint density at radius 2 is 0.946 bits per heavy atom. The summed E-state index contributed by atoms with van der Waals surface area (Å²) in [5.41, 5.74) is 2.71. The molecule has 0 bridgehead atoms. The molecule has 11 nitrogen and oxygen atoms in total. The second-order valence-electron chi connectivity index (χ2n) is 7.52. The lowest BCUT2D eigenvalue weighted by atomic mass is 10.2. The Bertz CT molecular complexity index is 1530. The third kappa shape index (κ3) is 6.57. The maximum atomic E-state index is 11.5. The average Bonchev–Trinajstić information content (AvgIpc) is 2.91. The number of nitro benzene ring substituents is 1. The lowest BCUT2D eigenvalue weighted by Crippen LogP contribution is -2.05. The lowest BCUT2D eigenvalue weighted by molar-refractivity contribution is -0.384. The molecule has 0 aliphatic rings. The van der Waals surface area contributed by atoms with Crippen LogP contribution in [0, 0.1) is 10.1 Å². The van der Waals surface area contributed by atoms with Gasteiger partial charge in [-0.05, 0) is 42.5 Å². The Morgan fingerprint density at radius 3 is 1.41 bits per heavy atom. The van der Waals surface area contributed by atoms with Crippen LogP contribution in [0.15, 0.2) is 128 Å². The Morgan fingerprint density at radius 1 is 0.595 bits per heavy atom. The van der Waals surface area contributed by atoms with Crippen LogP contribution >= 0.6 is 0 Å². The fourth-order valence-corrected chi connectivity index (χ4v) is 3.15. The molecule has 0 heterocycles. The second-order valence-corrected chi connectivity index (χ2v) is 7.52. The van der Waals surface area contributed by atoms with Crippen molar-refractivity contribution in [1.82, 2.24) is 0 Å². The van der Waals surface area contributed by atoms with Gasteiger partial charge in [-0.1, -0.05) is 48.5 Å². The van der Waals surface area contributed by atoms with E-state index in [0.29, 0.717) is 34.1 Å². The maximum Gasteiger partial charge on any atom is 0.296 e. The molecular weight excluding hydrogens is 472 g/mol. The molecule has 182 valence electrons. The third-order valence-corrected chi connectivity index (χ3v) is 4.85. The van der Waals surface area contributed by atoms with Gasteiger partial charge in [0.1, 0.15) is 28.4 Å². The van der Waals surface area contributed by atoms with Crippen LogP contribution in [-0.4, -0.2) is 10.8 Å². The van der Waals surface area contributed by atoms with Gasteiger partial charge < -0.3 is 5.32 Å². The molecule has 1 amide bonds. The van der Waals surface area contributed by atoms with E-state index in [1.165, 1.54) is 19.1 Å². The fourth-order valence-electron chi connectivity index (χ4n) is 3.15. The standard InChI is InChI=1S/C26H20N8O3/c1-18(35)27-19-10-2-3-11-20(19)28-29-21-12-4-5-13-22(21)30-31-23-14-6-7-15-24(23)32-33-25-16-8-9-17-26(25)34(36)37/h2-17H,1H3,(H,27,35). The van der Waals surface area contributed by atoms with Crippen molar-refractivity contribution in [1.29, 1.82) is 0 Å². The van der Waals surface area contributed by atoms with Gasteiger partial charge in [0.2, 0.25) is 5.91 Å². The number of benzene rings is 4. The minimum atomic E-state index is -0.514. The number of rotatable bonds is 8. The summed E-state index contributed by atoms with van der Waals surface area (Å²) in [5.74, 6) is -0.213. The van der Waals surface area contributed by atoms with Gasteiger partial charge >= 0.3 is 0 Å². The molecule has 0 fully saturated rings. The zero-order valence-electron chi connectivity index (χ0n) is 19.6. The van der Waals surface area contributed by atoms with Crippen LogP contribution in [0.2, 0.25) is 0 Å². The van der Waals surface area contributed by atoms with Crippen molar-refractivity contribution in [2.24, 2.45) is 30.7 Å². The average molecular weight is 492 g/mol. The predicted octanol–water partition coefficient (Wildman–Crippen LogP) is 8.80. The van der Waals surface area contributed by atoms with Crippen LogP contribution in [0.25, 0.3) is 0 Å². The van der Waals surface area contributed by atoms with E-state index >= 15 is 0 Å². The minimum Gasteiger partial charge on any atom is -0.324 e. The number of nitrogens with zero attached hydrogens (tertiary/aromatic N) is 7. The van der Waals surface area contributed by atoms with Crippen molar-refractivity contribution < 1.29 is 9.72 Å². The van der Waals surface area contributed by atoms with E-state index in [4.69, 9.17) is 0 Å². The summed E-state index contributed by atoms with van der Waals surface area (Å²) >= 11 is 0. The predicted molar refractivity (Wildman–Crippen MR) is 139 cm³/mol. The van der Waals surface area contributed by atoms with Crippen LogP contribution in [0.5, 0.6) is 0 Å². The molecule has 0 aliphatic carbocycles. The van der Waals surface area contributed by atoms with Crippen molar-refractivity contribution in [3.8, 4) is 0 Å². The summed E-state index contributed by atoms with van der Waals surface area (Å²) < 4.78 is 0. The number of hydrogen-bond donors (Lipinski definition) is 1. The monoisotopic (exact) mass is 492 g/mol. The number of nitro groups is 1. The van der Waals surface area contributed by atoms with Gasteiger partial charge in [0.15, 0.2) is 5.69 Å². The van der Waals surface area contributed by atoms with Gasteiger partial charge in [-0.25, -0.2) is 0 Å². The molecule has 4 aromatic rings. The lowest BCUT2D eigenvalue weighted by Gasteiger charge is -2.04. The molecule has 0 atom stereocenters. The number of amides is 1. The minimum absolute atomic E-state index is 0.129. The van der Waals surface area contributed by atoms with Crippen LogP contribution in [0.1, 0.15) is 6.92 Å². The Hall–Kier alpha value is -5.45. The molecule has 37 heavy (non-hydrogen) atoms. The first-order valence-electron chi connectivity index (χ1n) is 11.0. The van der Waals surface area contributed by atoms with E-state index < -0.39 is 4.92 Å². The zero-order chi connectivity index (χ0) is 26.0. The van der Waals surface area contributed by atoms with E-state index in [1.54, 1.807) is 84.9 Å². The highest BCUT2D eigenvalue weighted by molar-refractivity contribution is 5.91. The summed E-state index contributed by atoms with van der Waals surface area (Å²) in [6, 6.07) is 27.1. The van der Waals surface area contributed by atoms with Crippen molar-refractivity contribution in [2.45, 2.75) is 6.92 Å². The Kier molecular flexibility index (Phi) is 7.87. The molecule has 4 rings (SSSR count). The summed E-state index contributed by atoms with van der Waals surface area (Å²) in [5, 5.41) is 39.3. The number of nitrogens with one attached hydrogen (secondary N) is 1. The summed E-state index contributed by atoms with van der Waals surface area (Å²) in [6.07, 6.45) is 0. The number of carbonyl (C=O) groups is 1. The summed E-state index contributed by atoms with van der Waals surface area (Å²) in [4.78, 5) is 22.2. The highest BCUT2D eigenvalue weighted by atomic mass is 16.6. The zero-order valence-corrected chi connectivity index (χ0v) is 19.6. The molecule has 0 unspecified atom stereocenters. The van der Waals surface area contributed by atoms with Crippen molar-refractivity contribution >= 4 is 51.4 Å². The maximum absolute atomic E-state index is 11.5. The van der Waals surface area contributed by atoms with E-state index in [0.717, 1.165) is 0 Å². The van der Waals surface area contributed by atoms with Gasteiger partial charge in [0.25, 0.3) is 5.69 Å². The van der Waals surface area contributed by atoms with Gasteiger partial charge in [-0.2, -0.15) is 0 Å². The van der Waals surface area contributed by atoms with Crippen LogP contribution in [0.4, 0.5) is 45.5 Å².